The van der Waals surface area contributed by atoms with Crippen molar-refractivity contribution in [2.75, 3.05) is 26.7 Å². The lowest BCUT2D eigenvalue weighted by Crippen LogP contribution is -2.32. The molecular formula is C13H25NO. The van der Waals surface area contributed by atoms with E-state index in [0.29, 0.717) is 12.5 Å². The number of aliphatic hydroxyl groups is 1. The average Bonchev–Trinajstić information content (AvgIpc) is 2.36. The number of likely N-dealkylation sites (tertiary alicyclic amines) is 1. The molecule has 0 radical (unpaired) electrons. The van der Waals surface area contributed by atoms with Crippen LogP contribution in [0.5, 0.6) is 0 Å². The number of hydrogen-bond donors (Lipinski definition) is 1. The molecule has 0 spiro atoms. The van der Waals surface area contributed by atoms with Crippen molar-refractivity contribution < 1.29 is 5.11 Å². The summed E-state index contributed by atoms with van der Waals surface area (Å²) in [5, 5.41) is 9.56. The van der Waals surface area contributed by atoms with Gasteiger partial charge in [-0.1, -0.05) is 19.3 Å². The van der Waals surface area contributed by atoms with Gasteiger partial charge in [-0.2, -0.15) is 0 Å². The number of nitrogens with zero attached hydrogens (tertiary/aromatic N) is 1. The average molecular weight is 211 g/mol. The normalized spacial score (nSPS) is 32.0. The largest absolute Gasteiger partial charge is 0.396 e. The van der Waals surface area contributed by atoms with Crippen molar-refractivity contribution in [2.24, 2.45) is 17.8 Å². The maximum absolute atomic E-state index is 9.56. The van der Waals surface area contributed by atoms with Gasteiger partial charge in [0.15, 0.2) is 0 Å². The van der Waals surface area contributed by atoms with Crippen LogP contribution in [0.3, 0.4) is 0 Å². The standard InChI is InChI=1S/C13H25NO/c1-14-8-3-6-12(7-9-14)13(10-15)11-4-2-5-11/h11-13,15H,2-10H2,1H3. The van der Waals surface area contributed by atoms with Gasteiger partial charge in [0.05, 0.1) is 0 Å². The molecule has 0 amide bonds. The van der Waals surface area contributed by atoms with E-state index >= 15 is 0 Å². The molecule has 1 heterocycles. The van der Waals surface area contributed by atoms with Crippen LogP contribution in [0.15, 0.2) is 0 Å². The summed E-state index contributed by atoms with van der Waals surface area (Å²) < 4.78 is 0. The van der Waals surface area contributed by atoms with Gasteiger partial charge in [0, 0.05) is 6.61 Å². The minimum absolute atomic E-state index is 0.430. The number of aliphatic hydroxyl groups excluding tert-OH is 1. The van der Waals surface area contributed by atoms with Gasteiger partial charge >= 0.3 is 0 Å². The lowest BCUT2D eigenvalue weighted by atomic mass is 9.69. The Bertz CT molecular complexity index is 191. The van der Waals surface area contributed by atoms with Crippen LogP contribution >= 0.6 is 0 Å². The maximum atomic E-state index is 9.56. The predicted molar refractivity (Wildman–Crippen MR) is 62.8 cm³/mol. The molecule has 0 bridgehead atoms. The Morgan fingerprint density at radius 2 is 1.73 bits per heavy atom. The second kappa shape index (κ2) is 5.31. The second-order valence-corrected chi connectivity index (χ2v) is 5.53. The first-order valence-corrected chi connectivity index (χ1v) is 6.60. The Kier molecular flexibility index (Phi) is 4.04. The van der Waals surface area contributed by atoms with E-state index in [4.69, 9.17) is 0 Å². The van der Waals surface area contributed by atoms with Crippen LogP contribution in [0.2, 0.25) is 0 Å². The summed E-state index contributed by atoms with van der Waals surface area (Å²) in [6.07, 6.45) is 8.11. The lowest BCUT2D eigenvalue weighted by molar-refractivity contribution is 0.0698. The van der Waals surface area contributed by atoms with Gasteiger partial charge in [0.1, 0.15) is 0 Å². The van der Waals surface area contributed by atoms with Crippen LogP contribution in [-0.2, 0) is 0 Å². The summed E-state index contributed by atoms with van der Waals surface area (Å²) >= 11 is 0. The Balaban J connectivity index is 1.88. The fourth-order valence-corrected chi connectivity index (χ4v) is 3.24. The van der Waals surface area contributed by atoms with E-state index in [1.807, 2.05) is 0 Å². The van der Waals surface area contributed by atoms with E-state index in [1.165, 1.54) is 51.6 Å². The van der Waals surface area contributed by atoms with Crippen LogP contribution in [0.4, 0.5) is 0 Å². The molecular weight excluding hydrogens is 186 g/mol. The molecule has 2 unspecified atom stereocenters. The molecule has 2 aliphatic rings. The van der Waals surface area contributed by atoms with Crippen LogP contribution in [0, 0.1) is 17.8 Å². The third kappa shape index (κ3) is 2.73. The van der Waals surface area contributed by atoms with Crippen molar-refractivity contribution in [1.29, 1.82) is 0 Å². The molecule has 15 heavy (non-hydrogen) atoms. The predicted octanol–water partition coefficient (Wildman–Crippen LogP) is 2.13. The van der Waals surface area contributed by atoms with Gasteiger partial charge < -0.3 is 10.0 Å². The van der Waals surface area contributed by atoms with Gasteiger partial charge in [-0.25, -0.2) is 0 Å². The highest BCUT2D eigenvalue weighted by Gasteiger charge is 2.33. The first kappa shape index (κ1) is 11.4. The molecule has 0 aromatic rings. The minimum Gasteiger partial charge on any atom is -0.396 e. The fourth-order valence-electron chi connectivity index (χ4n) is 3.24. The highest BCUT2D eigenvalue weighted by molar-refractivity contribution is 4.83. The topological polar surface area (TPSA) is 23.5 Å². The molecule has 2 atom stereocenters. The minimum atomic E-state index is 0.430. The summed E-state index contributed by atoms with van der Waals surface area (Å²) in [6.45, 7) is 2.91. The molecule has 2 heteroatoms. The zero-order valence-electron chi connectivity index (χ0n) is 9.99. The zero-order chi connectivity index (χ0) is 10.7. The van der Waals surface area contributed by atoms with Crippen molar-refractivity contribution in [3.8, 4) is 0 Å². The summed E-state index contributed by atoms with van der Waals surface area (Å²) in [6, 6.07) is 0. The Labute approximate surface area is 93.7 Å². The van der Waals surface area contributed by atoms with E-state index in [1.54, 1.807) is 0 Å². The quantitative estimate of drug-likeness (QED) is 0.773. The smallest absolute Gasteiger partial charge is 0.0464 e. The summed E-state index contributed by atoms with van der Waals surface area (Å²) in [4.78, 5) is 2.44. The van der Waals surface area contributed by atoms with Crippen LogP contribution in [0.25, 0.3) is 0 Å². The first-order chi connectivity index (χ1) is 7.31. The van der Waals surface area contributed by atoms with Crippen molar-refractivity contribution in [1.82, 2.24) is 4.90 Å². The number of hydrogen-bond acceptors (Lipinski definition) is 2. The molecule has 1 aliphatic carbocycles. The van der Waals surface area contributed by atoms with E-state index < -0.39 is 0 Å². The van der Waals surface area contributed by atoms with E-state index in [2.05, 4.69) is 11.9 Å². The summed E-state index contributed by atoms with van der Waals surface area (Å²) in [5.41, 5.74) is 0. The SMILES string of the molecule is CN1CCCC(C(CO)C2CCC2)CC1. The van der Waals surface area contributed by atoms with Crippen molar-refractivity contribution in [3.05, 3.63) is 0 Å². The zero-order valence-corrected chi connectivity index (χ0v) is 9.99. The fraction of sp³-hybridized carbons (Fsp3) is 1.00. The molecule has 88 valence electrons. The molecule has 1 saturated carbocycles. The van der Waals surface area contributed by atoms with E-state index in [9.17, 15) is 5.11 Å². The van der Waals surface area contributed by atoms with E-state index in [0.717, 1.165) is 11.8 Å². The lowest BCUT2D eigenvalue weighted by Gasteiger charge is -2.37. The summed E-state index contributed by atoms with van der Waals surface area (Å²) in [7, 11) is 2.22. The van der Waals surface area contributed by atoms with Gasteiger partial charge in [-0.15, -0.1) is 0 Å². The molecule has 1 aliphatic heterocycles. The highest BCUT2D eigenvalue weighted by atomic mass is 16.3. The molecule has 0 aromatic carbocycles. The van der Waals surface area contributed by atoms with E-state index in [-0.39, 0.29) is 0 Å². The molecule has 0 aromatic heterocycles. The Morgan fingerprint density at radius 3 is 2.33 bits per heavy atom. The molecule has 2 nitrogen and oxygen atoms in total. The van der Waals surface area contributed by atoms with Gasteiger partial charge in [0.2, 0.25) is 0 Å². The first-order valence-electron chi connectivity index (χ1n) is 6.60. The third-order valence-electron chi connectivity index (χ3n) is 4.57. The third-order valence-corrected chi connectivity index (χ3v) is 4.57. The van der Waals surface area contributed by atoms with Crippen molar-refractivity contribution in [3.63, 3.8) is 0 Å². The van der Waals surface area contributed by atoms with Crippen LogP contribution in [-0.4, -0.2) is 36.8 Å². The molecule has 2 fully saturated rings. The van der Waals surface area contributed by atoms with Crippen molar-refractivity contribution in [2.45, 2.75) is 38.5 Å². The van der Waals surface area contributed by atoms with Crippen molar-refractivity contribution >= 4 is 0 Å². The Morgan fingerprint density at radius 1 is 1.07 bits per heavy atom. The molecule has 1 saturated heterocycles. The van der Waals surface area contributed by atoms with Crippen LogP contribution in [0.1, 0.15) is 38.5 Å². The molecule has 2 rings (SSSR count). The second-order valence-electron chi connectivity index (χ2n) is 5.53. The van der Waals surface area contributed by atoms with Crippen LogP contribution < -0.4 is 0 Å². The van der Waals surface area contributed by atoms with Gasteiger partial charge in [-0.05, 0) is 57.2 Å². The maximum Gasteiger partial charge on any atom is 0.0464 e. The monoisotopic (exact) mass is 211 g/mol. The highest BCUT2D eigenvalue weighted by Crippen LogP contribution is 2.40. The van der Waals surface area contributed by atoms with Gasteiger partial charge in [0.25, 0.3) is 0 Å². The number of rotatable bonds is 3. The summed E-state index contributed by atoms with van der Waals surface area (Å²) in [5.74, 6) is 2.26. The van der Waals surface area contributed by atoms with Gasteiger partial charge in [-0.3, -0.25) is 0 Å². The molecule has 1 N–H and O–H groups in total. The Hall–Kier alpha value is -0.0800.